The van der Waals surface area contributed by atoms with Crippen molar-refractivity contribution in [3.63, 3.8) is 0 Å². The number of nitrogens with one attached hydrogen (secondary N) is 2. The smallest absolute Gasteiger partial charge is 0.256 e. The predicted octanol–water partition coefficient (Wildman–Crippen LogP) is 2.13. The lowest BCUT2D eigenvalue weighted by molar-refractivity contribution is -0.117. The van der Waals surface area contributed by atoms with Gasteiger partial charge in [0.25, 0.3) is 11.8 Å². The number of hydrogen-bond donors (Lipinski definition) is 2. The summed E-state index contributed by atoms with van der Waals surface area (Å²) in [4.78, 5) is 35.6. The number of benzene rings is 2. The van der Waals surface area contributed by atoms with E-state index in [0.717, 1.165) is 0 Å². The molecule has 2 aromatic rings. The van der Waals surface area contributed by atoms with Crippen LogP contribution in [-0.4, -0.2) is 23.6 Å². The molecule has 7 nitrogen and oxygen atoms in total. The van der Waals surface area contributed by atoms with Crippen molar-refractivity contribution in [2.45, 2.75) is 13.3 Å². The maximum Gasteiger partial charge on any atom is 0.256 e. The first-order valence-corrected chi connectivity index (χ1v) is 7.67. The van der Waals surface area contributed by atoms with Crippen LogP contribution in [0.4, 0.5) is 11.4 Å². The minimum Gasteiger partial charge on any atom is -0.326 e. The number of anilines is 2. The van der Waals surface area contributed by atoms with Gasteiger partial charge < -0.3 is 10.6 Å². The van der Waals surface area contributed by atoms with Crippen LogP contribution in [0.3, 0.4) is 0 Å². The number of amidine groups is 1. The highest BCUT2D eigenvalue weighted by molar-refractivity contribution is 6.17. The van der Waals surface area contributed by atoms with E-state index in [-0.39, 0.29) is 24.1 Å². The third kappa shape index (κ3) is 3.89. The molecular formula is C18H16N4O3. The number of carbonyl (C=O) groups is 3. The molecule has 0 unspecified atom stereocenters. The van der Waals surface area contributed by atoms with Crippen molar-refractivity contribution in [2.75, 3.05) is 10.3 Å². The van der Waals surface area contributed by atoms with E-state index in [1.165, 1.54) is 11.9 Å². The average molecular weight is 336 g/mol. The number of carbonyl (C=O) groups excluding carboxylic acids is 3. The van der Waals surface area contributed by atoms with Gasteiger partial charge in [0.1, 0.15) is 5.84 Å². The van der Waals surface area contributed by atoms with E-state index in [2.05, 4.69) is 15.7 Å². The minimum absolute atomic E-state index is 0.0199. The van der Waals surface area contributed by atoms with E-state index in [1.54, 1.807) is 36.4 Å². The summed E-state index contributed by atoms with van der Waals surface area (Å²) < 4.78 is 0. The summed E-state index contributed by atoms with van der Waals surface area (Å²) in [5, 5.41) is 10.7. The molecule has 1 heterocycles. The van der Waals surface area contributed by atoms with Gasteiger partial charge in [0.05, 0.1) is 12.1 Å². The maximum absolute atomic E-state index is 12.4. The number of hydrogen-bond acceptors (Lipinski definition) is 4. The largest absolute Gasteiger partial charge is 0.326 e. The molecular weight excluding hydrogens is 320 g/mol. The Morgan fingerprint density at radius 3 is 2.52 bits per heavy atom. The summed E-state index contributed by atoms with van der Waals surface area (Å²) in [6.07, 6.45) is 0.0199. The molecule has 0 spiro atoms. The van der Waals surface area contributed by atoms with Crippen molar-refractivity contribution in [1.82, 2.24) is 5.32 Å². The van der Waals surface area contributed by atoms with Gasteiger partial charge in [-0.1, -0.05) is 24.3 Å². The quantitative estimate of drug-likeness (QED) is 0.899. The first kappa shape index (κ1) is 16.4. The Morgan fingerprint density at radius 2 is 1.80 bits per heavy atom. The molecule has 0 aromatic heterocycles. The Balaban J connectivity index is 1.73. The van der Waals surface area contributed by atoms with Gasteiger partial charge in [-0.05, 0) is 30.3 Å². The van der Waals surface area contributed by atoms with E-state index < -0.39 is 5.91 Å². The first-order valence-electron chi connectivity index (χ1n) is 7.67. The molecule has 1 aliphatic heterocycles. The molecule has 0 saturated carbocycles. The second kappa shape index (κ2) is 6.96. The Labute approximate surface area is 144 Å². The van der Waals surface area contributed by atoms with Crippen LogP contribution in [0.25, 0.3) is 0 Å². The van der Waals surface area contributed by atoms with Crippen molar-refractivity contribution < 1.29 is 14.4 Å². The van der Waals surface area contributed by atoms with Crippen molar-refractivity contribution in [1.29, 1.82) is 0 Å². The molecule has 3 rings (SSSR count). The van der Waals surface area contributed by atoms with E-state index >= 15 is 0 Å². The lowest BCUT2D eigenvalue weighted by atomic mass is 10.2. The minimum atomic E-state index is -0.395. The van der Waals surface area contributed by atoms with Gasteiger partial charge in [-0.2, -0.15) is 10.1 Å². The number of nitrogens with zero attached hydrogens (tertiary/aromatic N) is 2. The topological polar surface area (TPSA) is 90.9 Å². The van der Waals surface area contributed by atoms with E-state index in [9.17, 15) is 14.4 Å². The summed E-state index contributed by atoms with van der Waals surface area (Å²) in [6.45, 7) is 1.39. The van der Waals surface area contributed by atoms with Crippen LogP contribution in [0.2, 0.25) is 0 Å². The van der Waals surface area contributed by atoms with Crippen LogP contribution < -0.4 is 15.6 Å². The van der Waals surface area contributed by atoms with Crippen molar-refractivity contribution in [3.05, 3.63) is 60.2 Å². The molecule has 0 bridgehead atoms. The van der Waals surface area contributed by atoms with Gasteiger partial charge >= 0.3 is 0 Å². The van der Waals surface area contributed by atoms with Crippen LogP contribution in [0, 0.1) is 0 Å². The van der Waals surface area contributed by atoms with E-state index in [1.807, 2.05) is 18.2 Å². The molecule has 3 amide bonds. The van der Waals surface area contributed by atoms with Crippen LogP contribution in [-0.2, 0) is 9.59 Å². The second-order valence-corrected chi connectivity index (χ2v) is 5.48. The summed E-state index contributed by atoms with van der Waals surface area (Å²) >= 11 is 0. The summed E-state index contributed by atoms with van der Waals surface area (Å²) in [5.74, 6) is -0.548. The van der Waals surface area contributed by atoms with Gasteiger partial charge in [-0.3, -0.25) is 14.4 Å². The maximum atomic E-state index is 12.4. The number of para-hydroxylation sites is 1. The van der Waals surface area contributed by atoms with Crippen LogP contribution in [0.15, 0.2) is 59.7 Å². The van der Waals surface area contributed by atoms with Gasteiger partial charge in [-0.15, -0.1) is 0 Å². The van der Waals surface area contributed by atoms with Crippen molar-refractivity contribution in [2.24, 2.45) is 5.10 Å². The summed E-state index contributed by atoms with van der Waals surface area (Å²) in [7, 11) is 0. The predicted molar refractivity (Wildman–Crippen MR) is 94.2 cm³/mol. The van der Waals surface area contributed by atoms with Crippen molar-refractivity contribution in [3.8, 4) is 0 Å². The fourth-order valence-electron chi connectivity index (χ4n) is 2.41. The molecule has 1 aliphatic rings. The van der Waals surface area contributed by atoms with Gasteiger partial charge in [0.2, 0.25) is 5.91 Å². The molecule has 0 radical (unpaired) electrons. The average Bonchev–Trinajstić information content (AvgIpc) is 2.95. The highest BCUT2D eigenvalue weighted by Gasteiger charge is 2.26. The van der Waals surface area contributed by atoms with Gasteiger partial charge in [0, 0.05) is 18.2 Å². The van der Waals surface area contributed by atoms with Gasteiger partial charge in [0.15, 0.2) is 0 Å². The molecule has 126 valence electrons. The molecule has 2 aromatic carbocycles. The zero-order chi connectivity index (χ0) is 17.8. The SMILES string of the molecule is CC(=O)Nc1cccc(C(=O)NC2=NN(c3ccccc3)C(=O)C2)c1. The Kier molecular flexibility index (Phi) is 4.56. The van der Waals surface area contributed by atoms with Gasteiger partial charge in [-0.25, -0.2) is 0 Å². The highest BCUT2D eigenvalue weighted by Crippen LogP contribution is 2.19. The van der Waals surface area contributed by atoms with Crippen LogP contribution >= 0.6 is 0 Å². The molecule has 0 aliphatic carbocycles. The number of amides is 3. The summed E-state index contributed by atoms with van der Waals surface area (Å²) in [5.41, 5.74) is 1.53. The zero-order valence-corrected chi connectivity index (χ0v) is 13.5. The Hall–Kier alpha value is -3.48. The summed E-state index contributed by atoms with van der Waals surface area (Å²) in [6, 6.07) is 15.5. The lowest BCUT2D eigenvalue weighted by Gasteiger charge is -2.10. The molecule has 0 atom stereocenters. The fourth-order valence-corrected chi connectivity index (χ4v) is 2.41. The number of hydrazone groups is 1. The molecule has 2 N–H and O–H groups in total. The number of rotatable bonds is 3. The molecule has 0 fully saturated rings. The van der Waals surface area contributed by atoms with Crippen LogP contribution in [0.5, 0.6) is 0 Å². The van der Waals surface area contributed by atoms with E-state index in [4.69, 9.17) is 0 Å². The van der Waals surface area contributed by atoms with Crippen LogP contribution in [0.1, 0.15) is 23.7 Å². The second-order valence-electron chi connectivity index (χ2n) is 5.48. The molecule has 25 heavy (non-hydrogen) atoms. The molecule has 0 saturated heterocycles. The van der Waals surface area contributed by atoms with Crippen molar-refractivity contribution >= 4 is 34.9 Å². The Morgan fingerprint density at radius 1 is 1.04 bits per heavy atom. The first-order chi connectivity index (χ1) is 12.0. The zero-order valence-electron chi connectivity index (χ0n) is 13.5. The fraction of sp³-hybridized carbons (Fsp3) is 0.111. The Bertz CT molecular complexity index is 862. The monoisotopic (exact) mass is 336 g/mol. The molecule has 7 heteroatoms. The highest BCUT2D eigenvalue weighted by atomic mass is 16.2. The lowest BCUT2D eigenvalue weighted by Crippen LogP contribution is -2.29. The normalized spacial score (nSPS) is 13.4. The third-order valence-corrected chi connectivity index (χ3v) is 3.48. The third-order valence-electron chi connectivity index (χ3n) is 3.48. The standard InChI is InChI=1S/C18H16N4O3/c1-12(23)19-14-7-5-6-13(10-14)18(25)20-16-11-17(24)22(21-16)15-8-3-2-4-9-15/h2-10H,11H2,1H3,(H,19,23)(H,20,21,25). The van der Waals surface area contributed by atoms with E-state index in [0.29, 0.717) is 16.9 Å².